The minimum atomic E-state index is -3.76. The van der Waals surface area contributed by atoms with Crippen molar-refractivity contribution in [3.8, 4) is 0 Å². The average Bonchev–Trinajstić information content (AvgIpc) is 2.78. The number of amides is 2. The quantitative estimate of drug-likeness (QED) is 0.612. The van der Waals surface area contributed by atoms with Crippen LogP contribution >= 0.6 is 0 Å². The van der Waals surface area contributed by atoms with Gasteiger partial charge in [-0.15, -0.1) is 0 Å². The van der Waals surface area contributed by atoms with Gasteiger partial charge in [0.25, 0.3) is 15.9 Å². The molecule has 178 valence electrons. The SMILES string of the molecule is Cc1ccccc1S(=O)(=O)Nc1cccc(C(=O)N2CCC(C(=O)NCCC(C)C)CC2)c1. The summed E-state index contributed by atoms with van der Waals surface area (Å²) in [5, 5.41) is 3.00. The molecular formula is C25H33N3O4S. The molecule has 1 aliphatic heterocycles. The molecule has 0 aromatic heterocycles. The third-order valence-corrected chi connectivity index (χ3v) is 7.46. The number of hydrogen-bond donors (Lipinski definition) is 2. The van der Waals surface area contributed by atoms with Crippen LogP contribution in [0.25, 0.3) is 0 Å². The monoisotopic (exact) mass is 471 g/mol. The zero-order valence-corrected chi connectivity index (χ0v) is 20.3. The van der Waals surface area contributed by atoms with Gasteiger partial charge in [0.05, 0.1) is 4.90 Å². The number of carbonyl (C=O) groups excluding carboxylic acids is 2. The van der Waals surface area contributed by atoms with Gasteiger partial charge in [-0.05, 0) is 61.9 Å². The summed E-state index contributed by atoms with van der Waals surface area (Å²) in [6.07, 6.45) is 2.20. The largest absolute Gasteiger partial charge is 0.356 e. The Bertz CT molecular complexity index is 1090. The van der Waals surface area contributed by atoms with Gasteiger partial charge in [0.1, 0.15) is 0 Å². The smallest absolute Gasteiger partial charge is 0.262 e. The minimum Gasteiger partial charge on any atom is -0.356 e. The van der Waals surface area contributed by atoms with E-state index < -0.39 is 10.0 Å². The molecule has 1 fully saturated rings. The number of hydrogen-bond acceptors (Lipinski definition) is 4. The standard InChI is InChI=1S/C25H33N3O4S/c1-18(2)11-14-26-24(29)20-12-15-28(16-13-20)25(30)21-8-6-9-22(17-21)27-33(31,32)23-10-5-4-7-19(23)3/h4-10,17-18,20,27H,11-16H2,1-3H3,(H,26,29). The molecule has 2 aromatic carbocycles. The fourth-order valence-electron chi connectivity index (χ4n) is 3.94. The van der Waals surface area contributed by atoms with Crippen LogP contribution < -0.4 is 10.0 Å². The highest BCUT2D eigenvalue weighted by Crippen LogP contribution is 2.23. The molecule has 7 nitrogen and oxygen atoms in total. The van der Waals surface area contributed by atoms with Crippen LogP contribution in [0.5, 0.6) is 0 Å². The molecule has 0 aliphatic carbocycles. The van der Waals surface area contributed by atoms with Gasteiger partial charge in [-0.3, -0.25) is 14.3 Å². The van der Waals surface area contributed by atoms with Gasteiger partial charge in [-0.25, -0.2) is 8.42 Å². The highest BCUT2D eigenvalue weighted by atomic mass is 32.2. The molecule has 2 N–H and O–H groups in total. The van der Waals surface area contributed by atoms with Crippen molar-refractivity contribution in [2.24, 2.45) is 11.8 Å². The van der Waals surface area contributed by atoms with E-state index in [9.17, 15) is 18.0 Å². The van der Waals surface area contributed by atoms with Crippen molar-refractivity contribution in [1.82, 2.24) is 10.2 Å². The second-order valence-corrected chi connectivity index (χ2v) is 10.6. The Morgan fingerprint density at radius 2 is 1.76 bits per heavy atom. The molecule has 1 heterocycles. The molecule has 2 aromatic rings. The Morgan fingerprint density at radius 3 is 2.42 bits per heavy atom. The third kappa shape index (κ3) is 6.57. The van der Waals surface area contributed by atoms with Crippen molar-refractivity contribution in [3.63, 3.8) is 0 Å². The number of aryl methyl sites for hydroxylation is 1. The first-order chi connectivity index (χ1) is 15.7. The number of carbonyl (C=O) groups is 2. The van der Waals surface area contributed by atoms with Crippen molar-refractivity contribution >= 4 is 27.5 Å². The molecular weight excluding hydrogens is 438 g/mol. The molecule has 0 radical (unpaired) electrons. The Kier molecular flexibility index (Phi) is 8.13. The Morgan fingerprint density at radius 1 is 1.06 bits per heavy atom. The van der Waals surface area contributed by atoms with Gasteiger partial charge in [-0.1, -0.05) is 38.1 Å². The second-order valence-electron chi connectivity index (χ2n) is 8.99. The molecule has 0 unspecified atom stereocenters. The second kappa shape index (κ2) is 10.8. The van der Waals surface area contributed by atoms with E-state index in [4.69, 9.17) is 0 Å². The van der Waals surface area contributed by atoms with Crippen molar-refractivity contribution in [2.45, 2.75) is 44.9 Å². The van der Waals surface area contributed by atoms with Gasteiger partial charge in [0, 0.05) is 36.8 Å². The summed E-state index contributed by atoms with van der Waals surface area (Å²) in [7, 11) is -3.76. The van der Waals surface area contributed by atoms with Crippen LogP contribution in [-0.2, 0) is 14.8 Å². The van der Waals surface area contributed by atoms with Crippen molar-refractivity contribution < 1.29 is 18.0 Å². The molecule has 1 aliphatic rings. The van der Waals surface area contributed by atoms with E-state index in [0.29, 0.717) is 55.2 Å². The van der Waals surface area contributed by atoms with Crippen LogP contribution in [0.3, 0.4) is 0 Å². The number of anilines is 1. The normalized spacial score (nSPS) is 14.8. The van der Waals surface area contributed by atoms with E-state index in [1.165, 1.54) is 0 Å². The molecule has 33 heavy (non-hydrogen) atoms. The summed E-state index contributed by atoms with van der Waals surface area (Å²) in [6.45, 7) is 7.67. The summed E-state index contributed by atoms with van der Waals surface area (Å²) >= 11 is 0. The lowest BCUT2D eigenvalue weighted by Crippen LogP contribution is -2.43. The average molecular weight is 472 g/mol. The summed E-state index contributed by atoms with van der Waals surface area (Å²) in [5.41, 5.74) is 1.40. The molecule has 0 spiro atoms. The topological polar surface area (TPSA) is 95.6 Å². The number of nitrogens with zero attached hydrogens (tertiary/aromatic N) is 1. The molecule has 0 saturated carbocycles. The van der Waals surface area contributed by atoms with Crippen LogP contribution in [-0.4, -0.2) is 44.8 Å². The number of sulfonamides is 1. The molecule has 3 rings (SSSR count). The van der Waals surface area contributed by atoms with E-state index >= 15 is 0 Å². The highest BCUT2D eigenvalue weighted by molar-refractivity contribution is 7.92. The van der Waals surface area contributed by atoms with Crippen molar-refractivity contribution in [2.75, 3.05) is 24.4 Å². The van der Waals surface area contributed by atoms with Gasteiger partial charge >= 0.3 is 0 Å². The number of likely N-dealkylation sites (tertiary alicyclic amines) is 1. The van der Waals surface area contributed by atoms with Gasteiger partial charge in [-0.2, -0.15) is 0 Å². The summed E-state index contributed by atoms with van der Waals surface area (Å²) in [6, 6.07) is 13.3. The molecule has 1 saturated heterocycles. The maximum absolute atomic E-state index is 13.0. The van der Waals surface area contributed by atoms with Crippen molar-refractivity contribution in [1.29, 1.82) is 0 Å². The maximum Gasteiger partial charge on any atom is 0.262 e. The molecule has 2 amide bonds. The first-order valence-corrected chi connectivity index (χ1v) is 12.9. The van der Waals surface area contributed by atoms with Crippen LogP contribution in [0.4, 0.5) is 5.69 Å². The van der Waals surface area contributed by atoms with E-state index in [2.05, 4.69) is 23.9 Å². The lowest BCUT2D eigenvalue weighted by atomic mass is 9.95. The van der Waals surface area contributed by atoms with Crippen LogP contribution in [0, 0.1) is 18.8 Å². The van der Waals surface area contributed by atoms with Crippen molar-refractivity contribution in [3.05, 3.63) is 59.7 Å². The van der Waals surface area contributed by atoms with E-state index in [1.807, 2.05) is 0 Å². The predicted octanol–water partition coefficient (Wildman–Crippen LogP) is 3.81. The summed E-state index contributed by atoms with van der Waals surface area (Å²) in [4.78, 5) is 27.3. The lowest BCUT2D eigenvalue weighted by molar-refractivity contribution is -0.126. The highest BCUT2D eigenvalue weighted by Gasteiger charge is 2.28. The fraction of sp³-hybridized carbons (Fsp3) is 0.440. The number of rotatable bonds is 8. The van der Waals surface area contributed by atoms with E-state index in [0.717, 1.165) is 6.42 Å². The van der Waals surface area contributed by atoms with Crippen LogP contribution in [0.15, 0.2) is 53.4 Å². The van der Waals surface area contributed by atoms with Crippen LogP contribution in [0.2, 0.25) is 0 Å². The van der Waals surface area contributed by atoms with Crippen LogP contribution in [0.1, 0.15) is 49.0 Å². The minimum absolute atomic E-state index is 0.0651. The Balaban J connectivity index is 1.60. The number of nitrogens with one attached hydrogen (secondary N) is 2. The van der Waals surface area contributed by atoms with Gasteiger partial charge in [0.15, 0.2) is 0 Å². The molecule has 0 atom stereocenters. The maximum atomic E-state index is 13.0. The van der Waals surface area contributed by atoms with E-state index in [1.54, 1.807) is 60.4 Å². The fourth-order valence-corrected chi connectivity index (χ4v) is 5.24. The van der Waals surface area contributed by atoms with Gasteiger partial charge in [0.2, 0.25) is 5.91 Å². The number of piperidine rings is 1. The van der Waals surface area contributed by atoms with E-state index in [-0.39, 0.29) is 22.6 Å². The zero-order chi connectivity index (χ0) is 24.0. The Hall–Kier alpha value is -2.87. The third-order valence-electron chi connectivity index (χ3n) is 5.92. The van der Waals surface area contributed by atoms with Gasteiger partial charge < -0.3 is 10.2 Å². The lowest BCUT2D eigenvalue weighted by Gasteiger charge is -2.31. The summed E-state index contributed by atoms with van der Waals surface area (Å²) in [5.74, 6) is 0.371. The zero-order valence-electron chi connectivity index (χ0n) is 19.5. The first-order valence-electron chi connectivity index (χ1n) is 11.4. The predicted molar refractivity (Wildman–Crippen MR) is 130 cm³/mol. The summed E-state index contributed by atoms with van der Waals surface area (Å²) < 4.78 is 28.1. The number of benzene rings is 2. The Labute approximate surface area is 196 Å². The first kappa shape index (κ1) is 24.8. The molecule has 0 bridgehead atoms. The molecule has 8 heteroatoms.